The van der Waals surface area contributed by atoms with E-state index in [1.807, 2.05) is 0 Å². The Hall–Kier alpha value is -2.55. The molecule has 0 heterocycles. The standard InChI is InChI=1S/C17H15F3N2O3S/c1-11(12-3-2-4-13(9-12)17(18,19)20)21-16(23)10-26-15-7-5-14(6-8-15)22(24)25/h2-9,11H,10H2,1H3,(H,21,23). The van der Waals surface area contributed by atoms with Crippen LogP contribution in [-0.2, 0) is 11.0 Å². The number of thioether (sulfide) groups is 1. The average Bonchev–Trinajstić information content (AvgIpc) is 2.59. The molecule has 9 heteroatoms. The second-order valence-electron chi connectivity index (χ2n) is 5.45. The molecule has 5 nitrogen and oxygen atoms in total. The molecule has 0 aliphatic rings. The molecule has 0 aliphatic heterocycles. The van der Waals surface area contributed by atoms with Crippen LogP contribution in [0.3, 0.4) is 0 Å². The van der Waals surface area contributed by atoms with Crippen LogP contribution in [0.2, 0.25) is 0 Å². The molecule has 0 fully saturated rings. The number of rotatable bonds is 6. The van der Waals surface area contributed by atoms with Gasteiger partial charge in [-0.1, -0.05) is 12.1 Å². The molecule has 0 radical (unpaired) electrons. The van der Waals surface area contributed by atoms with Crippen molar-refractivity contribution >= 4 is 23.4 Å². The monoisotopic (exact) mass is 384 g/mol. The molecule has 138 valence electrons. The van der Waals surface area contributed by atoms with Crippen LogP contribution in [-0.4, -0.2) is 16.6 Å². The van der Waals surface area contributed by atoms with Gasteiger partial charge >= 0.3 is 6.18 Å². The third-order valence-electron chi connectivity index (χ3n) is 3.51. The number of halogens is 3. The number of carbonyl (C=O) groups is 1. The van der Waals surface area contributed by atoms with E-state index in [2.05, 4.69) is 5.32 Å². The van der Waals surface area contributed by atoms with Crippen molar-refractivity contribution in [1.82, 2.24) is 5.32 Å². The van der Waals surface area contributed by atoms with Crippen molar-refractivity contribution in [3.05, 3.63) is 69.8 Å². The van der Waals surface area contributed by atoms with Gasteiger partial charge < -0.3 is 5.32 Å². The van der Waals surface area contributed by atoms with Gasteiger partial charge in [-0.05, 0) is 36.8 Å². The molecule has 2 aromatic carbocycles. The summed E-state index contributed by atoms with van der Waals surface area (Å²) in [5.41, 5.74) is -0.457. The summed E-state index contributed by atoms with van der Waals surface area (Å²) in [7, 11) is 0. The summed E-state index contributed by atoms with van der Waals surface area (Å²) in [5, 5.41) is 13.2. The molecule has 0 aliphatic carbocycles. The van der Waals surface area contributed by atoms with Crippen LogP contribution in [0.4, 0.5) is 18.9 Å². The van der Waals surface area contributed by atoms with E-state index in [1.165, 1.54) is 48.2 Å². The summed E-state index contributed by atoms with van der Waals surface area (Å²) in [5.74, 6) is -0.306. The predicted octanol–water partition coefficient (Wildman–Crippen LogP) is 4.58. The molecule has 0 spiro atoms. The lowest BCUT2D eigenvalue weighted by atomic mass is 10.0. The Morgan fingerprint density at radius 1 is 1.23 bits per heavy atom. The van der Waals surface area contributed by atoms with E-state index >= 15 is 0 Å². The molecule has 1 amide bonds. The molecule has 2 aromatic rings. The van der Waals surface area contributed by atoms with E-state index in [0.29, 0.717) is 10.5 Å². The minimum Gasteiger partial charge on any atom is -0.349 e. The molecule has 1 unspecified atom stereocenters. The second kappa shape index (κ2) is 8.22. The lowest BCUT2D eigenvalue weighted by Gasteiger charge is -2.16. The molecular weight excluding hydrogens is 369 g/mol. The first-order valence-electron chi connectivity index (χ1n) is 7.50. The minimum atomic E-state index is -4.44. The lowest BCUT2D eigenvalue weighted by Crippen LogP contribution is -2.28. The van der Waals surface area contributed by atoms with E-state index in [4.69, 9.17) is 0 Å². The Morgan fingerprint density at radius 3 is 2.46 bits per heavy atom. The Balaban J connectivity index is 1.92. The zero-order valence-electron chi connectivity index (χ0n) is 13.6. The summed E-state index contributed by atoms with van der Waals surface area (Å²) >= 11 is 1.18. The van der Waals surface area contributed by atoms with Crippen LogP contribution < -0.4 is 5.32 Å². The van der Waals surface area contributed by atoms with E-state index in [9.17, 15) is 28.1 Å². The maximum atomic E-state index is 12.7. The molecule has 2 rings (SSSR count). The molecular formula is C17H15F3N2O3S. The summed E-state index contributed by atoms with van der Waals surface area (Å²) < 4.78 is 38.2. The number of alkyl halides is 3. The van der Waals surface area contributed by atoms with Crippen molar-refractivity contribution in [2.75, 3.05) is 5.75 Å². The van der Waals surface area contributed by atoms with Gasteiger partial charge in [0.15, 0.2) is 0 Å². The van der Waals surface area contributed by atoms with Crippen molar-refractivity contribution in [2.24, 2.45) is 0 Å². The van der Waals surface area contributed by atoms with E-state index in [-0.39, 0.29) is 17.3 Å². The van der Waals surface area contributed by atoms with Gasteiger partial charge in [-0.3, -0.25) is 14.9 Å². The average molecular weight is 384 g/mol. The smallest absolute Gasteiger partial charge is 0.349 e. The molecule has 26 heavy (non-hydrogen) atoms. The highest BCUT2D eigenvalue weighted by atomic mass is 32.2. The van der Waals surface area contributed by atoms with Gasteiger partial charge in [-0.15, -0.1) is 11.8 Å². The number of benzene rings is 2. The normalized spacial score (nSPS) is 12.5. The highest BCUT2D eigenvalue weighted by Gasteiger charge is 2.30. The summed E-state index contributed by atoms with van der Waals surface area (Å²) in [6.45, 7) is 1.60. The van der Waals surface area contributed by atoms with Crippen molar-refractivity contribution in [3.63, 3.8) is 0 Å². The molecule has 1 N–H and O–H groups in total. The fourth-order valence-corrected chi connectivity index (χ4v) is 2.87. The van der Waals surface area contributed by atoms with Crippen LogP contribution in [0, 0.1) is 10.1 Å². The number of hydrogen-bond donors (Lipinski definition) is 1. The number of nitrogens with one attached hydrogen (secondary N) is 1. The maximum absolute atomic E-state index is 12.7. The number of non-ortho nitro benzene ring substituents is 1. The van der Waals surface area contributed by atoms with Crippen molar-refractivity contribution in [1.29, 1.82) is 0 Å². The van der Waals surface area contributed by atoms with Gasteiger partial charge in [0.1, 0.15) is 0 Å². The van der Waals surface area contributed by atoms with Gasteiger partial charge in [-0.25, -0.2) is 0 Å². The Labute approximate surface area is 151 Å². The SMILES string of the molecule is CC(NC(=O)CSc1ccc([N+](=O)[O-])cc1)c1cccc(C(F)(F)F)c1. The van der Waals surface area contributed by atoms with Gasteiger partial charge in [0.25, 0.3) is 5.69 Å². The lowest BCUT2D eigenvalue weighted by molar-refractivity contribution is -0.384. The van der Waals surface area contributed by atoms with Gasteiger partial charge in [0.2, 0.25) is 5.91 Å². The van der Waals surface area contributed by atoms with Crippen molar-refractivity contribution in [3.8, 4) is 0 Å². The van der Waals surface area contributed by atoms with Crippen LogP contribution in [0.15, 0.2) is 53.4 Å². The second-order valence-corrected chi connectivity index (χ2v) is 6.50. The maximum Gasteiger partial charge on any atom is 0.416 e. The first-order valence-corrected chi connectivity index (χ1v) is 8.49. The zero-order chi connectivity index (χ0) is 19.3. The quantitative estimate of drug-likeness (QED) is 0.449. The Kier molecular flexibility index (Phi) is 6.25. The number of carbonyl (C=O) groups excluding carboxylic acids is 1. The van der Waals surface area contributed by atoms with E-state index in [0.717, 1.165) is 12.1 Å². The molecule has 0 saturated heterocycles. The summed E-state index contributed by atoms with van der Waals surface area (Å²) in [6.07, 6.45) is -4.44. The highest BCUT2D eigenvalue weighted by Crippen LogP contribution is 2.30. The molecule has 0 aromatic heterocycles. The van der Waals surface area contributed by atoms with Gasteiger partial charge in [0.05, 0.1) is 22.3 Å². The summed E-state index contributed by atoms with van der Waals surface area (Å²) in [6, 6.07) is 9.96. The Morgan fingerprint density at radius 2 is 1.88 bits per heavy atom. The number of hydrogen-bond acceptors (Lipinski definition) is 4. The first kappa shape index (κ1) is 19.8. The predicted molar refractivity (Wildman–Crippen MR) is 91.8 cm³/mol. The summed E-state index contributed by atoms with van der Waals surface area (Å²) in [4.78, 5) is 22.7. The molecule has 0 saturated carbocycles. The third kappa shape index (κ3) is 5.48. The number of nitro benzene ring substituents is 1. The topological polar surface area (TPSA) is 72.2 Å². The van der Waals surface area contributed by atoms with Crippen LogP contribution in [0.25, 0.3) is 0 Å². The minimum absolute atomic E-state index is 0.0428. The van der Waals surface area contributed by atoms with Crippen LogP contribution >= 0.6 is 11.8 Å². The number of nitrogens with zero attached hydrogens (tertiary/aromatic N) is 1. The molecule has 1 atom stereocenters. The fraction of sp³-hybridized carbons (Fsp3) is 0.235. The fourth-order valence-electron chi connectivity index (χ4n) is 2.16. The zero-order valence-corrected chi connectivity index (χ0v) is 14.4. The van der Waals surface area contributed by atoms with Gasteiger partial charge in [0, 0.05) is 17.0 Å². The van der Waals surface area contributed by atoms with Crippen molar-refractivity contribution in [2.45, 2.75) is 24.0 Å². The third-order valence-corrected chi connectivity index (χ3v) is 4.52. The Bertz CT molecular complexity index is 795. The number of nitro groups is 1. The van der Waals surface area contributed by atoms with Crippen molar-refractivity contribution < 1.29 is 22.9 Å². The molecule has 0 bridgehead atoms. The van der Waals surface area contributed by atoms with Gasteiger partial charge in [-0.2, -0.15) is 13.2 Å². The first-order chi connectivity index (χ1) is 12.2. The van der Waals surface area contributed by atoms with Crippen LogP contribution in [0.5, 0.6) is 0 Å². The van der Waals surface area contributed by atoms with Crippen LogP contribution in [0.1, 0.15) is 24.1 Å². The largest absolute Gasteiger partial charge is 0.416 e. The number of amides is 1. The van der Waals surface area contributed by atoms with E-state index < -0.39 is 22.7 Å². The highest BCUT2D eigenvalue weighted by molar-refractivity contribution is 8.00. The van der Waals surface area contributed by atoms with E-state index in [1.54, 1.807) is 6.92 Å².